The molecule has 0 bridgehead atoms. The molecule has 0 spiro atoms. The number of rotatable bonds is 4. The maximum Gasteiger partial charge on any atom is 0.255 e. The van der Waals surface area contributed by atoms with Crippen LogP contribution in [-0.2, 0) is 0 Å². The number of phenols is 1. The molecule has 2 N–H and O–H groups in total. The van der Waals surface area contributed by atoms with Gasteiger partial charge in [-0.2, -0.15) is 0 Å². The predicted molar refractivity (Wildman–Crippen MR) is 70.6 cm³/mol. The van der Waals surface area contributed by atoms with E-state index in [9.17, 15) is 14.3 Å². The molecule has 1 unspecified atom stereocenters. The standard InChI is InChI=1S/C14H19FN2O2/c1-2-17-6-5-10(9-17)8-16-14(19)12-7-11(15)3-4-13(12)18/h3-4,7,10,18H,2,5-6,8-9H2,1H3,(H,16,19). The molecule has 0 saturated carbocycles. The Morgan fingerprint density at radius 1 is 1.58 bits per heavy atom. The van der Waals surface area contributed by atoms with Crippen LogP contribution in [-0.4, -0.2) is 42.1 Å². The molecule has 0 aromatic heterocycles. The highest BCUT2D eigenvalue weighted by Crippen LogP contribution is 2.18. The van der Waals surface area contributed by atoms with Crippen molar-refractivity contribution in [1.82, 2.24) is 10.2 Å². The Bertz CT molecular complexity index is 465. The summed E-state index contributed by atoms with van der Waals surface area (Å²) in [5.74, 6) is -0.715. The van der Waals surface area contributed by atoms with Gasteiger partial charge in [-0.1, -0.05) is 6.92 Å². The summed E-state index contributed by atoms with van der Waals surface area (Å²) in [5, 5.41) is 12.3. The first kappa shape index (κ1) is 13.8. The molecule has 19 heavy (non-hydrogen) atoms. The monoisotopic (exact) mass is 266 g/mol. The Labute approximate surface area is 112 Å². The molecule has 1 heterocycles. The van der Waals surface area contributed by atoms with Gasteiger partial charge >= 0.3 is 0 Å². The van der Waals surface area contributed by atoms with E-state index in [1.165, 1.54) is 6.07 Å². The van der Waals surface area contributed by atoms with Gasteiger partial charge < -0.3 is 15.3 Å². The number of nitrogens with zero attached hydrogens (tertiary/aromatic N) is 1. The van der Waals surface area contributed by atoms with E-state index in [0.717, 1.165) is 38.2 Å². The first-order valence-corrected chi connectivity index (χ1v) is 6.59. The van der Waals surface area contributed by atoms with Gasteiger partial charge in [0, 0.05) is 13.1 Å². The average molecular weight is 266 g/mol. The van der Waals surface area contributed by atoms with Gasteiger partial charge in [0.15, 0.2) is 0 Å². The fourth-order valence-electron chi connectivity index (χ4n) is 2.39. The molecule has 104 valence electrons. The van der Waals surface area contributed by atoms with Crippen molar-refractivity contribution in [1.29, 1.82) is 0 Å². The molecule has 1 amide bonds. The van der Waals surface area contributed by atoms with Crippen LogP contribution in [0.2, 0.25) is 0 Å². The maximum atomic E-state index is 13.0. The molecule has 4 nitrogen and oxygen atoms in total. The Kier molecular flexibility index (Phi) is 4.37. The van der Waals surface area contributed by atoms with Crippen molar-refractivity contribution < 1.29 is 14.3 Å². The fraction of sp³-hybridized carbons (Fsp3) is 0.500. The number of carbonyl (C=O) groups excluding carboxylic acids is 1. The van der Waals surface area contributed by atoms with Crippen LogP contribution in [0, 0.1) is 11.7 Å². The van der Waals surface area contributed by atoms with E-state index in [1.54, 1.807) is 0 Å². The van der Waals surface area contributed by atoms with Crippen LogP contribution in [0.25, 0.3) is 0 Å². The quantitative estimate of drug-likeness (QED) is 0.870. The van der Waals surface area contributed by atoms with Crippen molar-refractivity contribution >= 4 is 5.91 Å². The van der Waals surface area contributed by atoms with Crippen molar-refractivity contribution in [2.45, 2.75) is 13.3 Å². The van der Waals surface area contributed by atoms with Crippen LogP contribution >= 0.6 is 0 Å². The minimum absolute atomic E-state index is 0.00894. The third kappa shape index (κ3) is 3.44. The normalized spacial score (nSPS) is 19.6. The molecular formula is C14H19FN2O2. The van der Waals surface area contributed by atoms with E-state index in [-0.39, 0.29) is 11.3 Å². The second-order valence-electron chi connectivity index (χ2n) is 4.92. The molecular weight excluding hydrogens is 247 g/mol. The lowest BCUT2D eigenvalue weighted by Gasteiger charge is -2.14. The summed E-state index contributed by atoms with van der Waals surface area (Å²) >= 11 is 0. The smallest absolute Gasteiger partial charge is 0.255 e. The molecule has 0 aliphatic carbocycles. The van der Waals surface area contributed by atoms with Crippen LogP contribution in [0.1, 0.15) is 23.7 Å². The molecule has 1 aliphatic rings. The third-order valence-corrected chi connectivity index (χ3v) is 3.57. The number of nitrogens with one attached hydrogen (secondary N) is 1. The Hall–Kier alpha value is -1.62. The van der Waals surface area contributed by atoms with Crippen LogP contribution in [0.3, 0.4) is 0 Å². The average Bonchev–Trinajstić information content (AvgIpc) is 2.87. The number of aromatic hydroxyl groups is 1. The van der Waals surface area contributed by atoms with Crippen molar-refractivity contribution in [3.05, 3.63) is 29.6 Å². The number of hydrogen-bond acceptors (Lipinski definition) is 3. The third-order valence-electron chi connectivity index (χ3n) is 3.57. The zero-order chi connectivity index (χ0) is 13.8. The lowest BCUT2D eigenvalue weighted by Crippen LogP contribution is -2.31. The van der Waals surface area contributed by atoms with Gasteiger partial charge in [0.2, 0.25) is 0 Å². The Morgan fingerprint density at radius 2 is 2.37 bits per heavy atom. The summed E-state index contributed by atoms with van der Waals surface area (Å²) < 4.78 is 13.0. The number of carbonyl (C=O) groups is 1. The summed E-state index contributed by atoms with van der Waals surface area (Å²) in [6.07, 6.45) is 1.06. The second-order valence-corrected chi connectivity index (χ2v) is 4.92. The van der Waals surface area contributed by atoms with Gasteiger partial charge in [-0.3, -0.25) is 4.79 Å². The van der Waals surface area contributed by atoms with Crippen molar-refractivity contribution in [3.8, 4) is 5.75 Å². The van der Waals surface area contributed by atoms with Crippen LogP contribution in [0.4, 0.5) is 4.39 Å². The van der Waals surface area contributed by atoms with Crippen LogP contribution < -0.4 is 5.32 Å². The number of phenolic OH excluding ortho intramolecular Hbond substituents is 1. The van der Waals surface area contributed by atoms with E-state index in [1.807, 2.05) is 0 Å². The molecule has 1 atom stereocenters. The van der Waals surface area contributed by atoms with Crippen molar-refractivity contribution in [2.75, 3.05) is 26.2 Å². The first-order valence-electron chi connectivity index (χ1n) is 6.59. The highest BCUT2D eigenvalue weighted by atomic mass is 19.1. The van der Waals surface area contributed by atoms with E-state index >= 15 is 0 Å². The summed E-state index contributed by atoms with van der Waals surface area (Å²) in [7, 11) is 0. The molecule has 1 saturated heterocycles. The van der Waals surface area contributed by atoms with Crippen LogP contribution in [0.5, 0.6) is 5.75 Å². The van der Waals surface area contributed by atoms with Gasteiger partial charge in [0.1, 0.15) is 11.6 Å². The van der Waals surface area contributed by atoms with Gasteiger partial charge in [-0.05, 0) is 43.6 Å². The molecule has 1 aromatic carbocycles. The van der Waals surface area contributed by atoms with E-state index < -0.39 is 11.7 Å². The zero-order valence-electron chi connectivity index (χ0n) is 11.0. The number of likely N-dealkylation sites (tertiary alicyclic amines) is 1. The topological polar surface area (TPSA) is 52.6 Å². The van der Waals surface area contributed by atoms with Gasteiger partial charge in [0.25, 0.3) is 5.91 Å². The Balaban J connectivity index is 1.89. The molecule has 1 aliphatic heterocycles. The zero-order valence-corrected chi connectivity index (χ0v) is 11.0. The second kappa shape index (κ2) is 6.02. The minimum atomic E-state index is -0.527. The summed E-state index contributed by atoms with van der Waals surface area (Å²) in [6.45, 7) is 5.74. The lowest BCUT2D eigenvalue weighted by molar-refractivity contribution is 0.0944. The van der Waals surface area contributed by atoms with E-state index in [0.29, 0.717) is 12.5 Å². The fourth-order valence-corrected chi connectivity index (χ4v) is 2.39. The number of amides is 1. The van der Waals surface area contributed by atoms with Gasteiger partial charge in [-0.25, -0.2) is 4.39 Å². The molecule has 5 heteroatoms. The van der Waals surface area contributed by atoms with Gasteiger partial charge in [0.05, 0.1) is 5.56 Å². The maximum absolute atomic E-state index is 13.0. The van der Waals surface area contributed by atoms with E-state index in [2.05, 4.69) is 17.1 Å². The highest BCUT2D eigenvalue weighted by molar-refractivity contribution is 5.96. The minimum Gasteiger partial charge on any atom is -0.507 e. The molecule has 1 fully saturated rings. The Morgan fingerprint density at radius 3 is 3.05 bits per heavy atom. The SMILES string of the molecule is CCN1CCC(CNC(=O)c2cc(F)ccc2O)C1. The summed E-state index contributed by atoms with van der Waals surface area (Å²) in [4.78, 5) is 14.2. The summed E-state index contributed by atoms with van der Waals surface area (Å²) in [6, 6.07) is 3.37. The van der Waals surface area contributed by atoms with Gasteiger partial charge in [-0.15, -0.1) is 0 Å². The molecule has 2 rings (SSSR count). The summed E-state index contributed by atoms with van der Waals surface area (Å²) in [5.41, 5.74) is -0.00894. The number of hydrogen-bond donors (Lipinski definition) is 2. The van der Waals surface area contributed by atoms with Crippen LogP contribution in [0.15, 0.2) is 18.2 Å². The highest BCUT2D eigenvalue weighted by Gasteiger charge is 2.22. The lowest BCUT2D eigenvalue weighted by atomic mass is 10.1. The number of benzene rings is 1. The van der Waals surface area contributed by atoms with E-state index in [4.69, 9.17) is 0 Å². The largest absolute Gasteiger partial charge is 0.507 e. The molecule has 0 radical (unpaired) electrons. The van der Waals surface area contributed by atoms with Crippen molar-refractivity contribution in [3.63, 3.8) is 0 Å². The van der Waals surface area contributed by atoms with Crippen molar-refractivity contribution in [2.24, 2.45) is 5.92 Å². The number of halogens is 1. The predicted octanol–water partition coefficient (Wildman–Crippen LogP) is 1.60. The molecule has 1 aromatic rings. The first-order chi connectivity index (χ1) is 9.10.